The molecule has 1 amide bonds. The molecule has 0 unspecified atom stereocenters. The number of nitrogens with one attached hydrogen (secondary N) is 2. The Morgan fingerprint density at radius 2 is 2.05 bits per heavy atom. The van der Waals surface area contributed by atoms with E-state index in [4.69, 9.17) is 9.72 Å². The van der Waals surface area contributed by atoms with Crippen molar-refractivity contribution in [2.45, 2.75) is 96.4 Å². The van der Waals surface area contributed by atoms with E-state index < -0.39 is 12.1 Å². The van der Waals surface area contributed by atoms with Crippen molar-refractivity contribution in [1.29, 1.82) is 0 Å². The third kappa shape index (κ3) is 6.90. The first-order valence-electron chi connectivity index (χ1n) is 14.5. The number of thiazole rings is 1. The number of aliphatic hydroxyl groups is 1. The fourth-order valence-corrected chi connectivity index (χ4v) is 6.43. The Balaban J connectivity index is 1.32. The molecule has 0 bridgehead atoms. The van der Waals surface area contributed by atoms with E-state index in [0.29, 0.717) is 25.3 Å². The number of carbonyl (C=O) groups excluding carboxylic acids is 1. The summed E-state index contributed by atoms with van der Waals surface area (Å²) in [5, 5.41) is 21.1. The van der Waals surface area contributed by atoms with Crippen LogP contribution in [-0.4, -0.2) is 45.3 Å². The molecule has 3 aromatic rings. The Kier molecular flexibility index (Phi) is 8.59. The maximum Gasteiger partial charge on any atom is 0.220 e. The van der Waals surface area contributed by atoms with Gasteiger partial charge in [-0.15, -0.1) is 11.3 Å². The molecule has 2 aliphatic rings. The van der Waals surface area contributed by atoms with Crippen LogP contribution in [0.1, 0.15) is 82.5 Å². The summed E-state index contributed by atoms with van der Waals surface area (Å²) in [6, 6.07) is 10.0. The number of fused-ring (bicyclic) bond motifs is 1. The fraction of sp³-hybridized carbons (Fsp3) is 0.531. The van der Waals surface area contributed by atoms with Gasteiger partial charge in [0.25, 0.3) is 0 Å². The van der Waals surface area contributed by atoms with Crippen molar-refractivity contribution in [2.75, 3.05) is 6.54 Å². The summed E-state index contributed by atoms with van der Waals surface area (Å²) in [7, 11) is 0. The number of hydrogen-bond acceptors (Lipinski definition) is 7. The SMILES string of the molecule is CCC(=O)N[C@@H](Cc1cccc(-c2nccs2)c1)[C@H](O)CN[C@H]1CC2(CCC2)Oc2ncc(CC(C)(C)C)cc21. The smallest absolute Gasteiger partial charge is 0.220 e. The van der Waals surface area contributed by atoms with E-state index >= 15 is 0 Å². The van der Waals surface area contributed by atoms with Crippen LogP contribution in [0.2, 0.25) is 0 Å². The number of amides is 1. The van der Waals surface area contributed by atoms with E-state index in [1.807, 2.05) is 36.7 Å². The minimum atomic E-state index is -0.770. The first-order chi connectivity index (χ1) is 19.1. The third-order valence-corrected chi connectivity index (χ3v) is 8.79. The highest BCUT2D eigenvalue weighted by molar-refractivity contribution is 7.13. The molecule has 1 spiro atoms. The molecule has 3 N–H and O–H groups in total. The molecule has 40 heavy (non-hydrogen) atoms. The number of rotatable bonds is 10. The number of ether oxygens (including phenoxy) is 1. The van der Waals surface area contributed by atoms with Gasteiger partial charge in [-0.2, -0.15) is 0 Å². The van der Waals surface area contributed by atoms with Crippen molar-refractivity contribution in [3.63, 3.8) is 0 Å². The molecular formula is C32H42N4O3S. The Morgan fingerprint density at radius 1 is 1.23 bits per heavy atom. The lowest BCUT2D eigenvalue weighted by atomic mass is 9.73. The molecule has 1 aromatic carbocycles. The van der Waals surface area contributed by atoms with E-state index in [0.717, 1.165) is 53.8 Å². The monoisotopic (exact) mass is 562 g/mol. The van der Waals surface area contributed by atoms with Crippen LogP contribution >= 0.6 is 11.3 Å². The largest absolute Gasteiger partial charge is 0.471 e. The van der Waals surface area contributed by atoms with Crippen LogP contribution in [0.3, 0.4) is 0 Å². The van der Waals surface area contributed by atoms with Gasteiger partial charge >= 0.3 is 0 Å². The van der Waals surface area contributed by atoms with Crippen molar-refractivity contribution in [3.8, 4) is 16.5 Å². The topological polar surface area (TPSA) is 96.4 Å². The van der Waals surface area contributed by atoms with Crippen LogP contribution in [0.5, 0.6) is 5.88 Å². The van der Waals surface area contributed by atoms with Gasteiger partial charge in [0.1, 0.15) is 10.6 Å². The number of benzene rings is 1. The van der Waals surface area contributed by atoms with Gasteiger partial charge in [0, 0.05) is 54.3 Å². The van der Waals surface area contributed by atoms with Gasteiger partial charge in [-0.05, 0) is 60.8 Å². The molecule has 5 rings (SSSR count). The molecule has 1 fully saturated rings. The quantitative estimate of drug-likeness (QED) is 0.297. The van der Waals surface area contributed by atoms with Crippen molar-refractivity contribution in [3.05, 3.63) is 64.8 Å². The van der Waals surface area contributed by atoms with Gasteiger partial charge in [0.05, 0.1) is 12.1 Å². The Hall–Kier alpha value is -2.81. The van der Waals surface area contributed by atoms with Crippen LogP contribution in [0.25, 0.3) is 10.6 Å². The average molecular weight is 563 g/mol. The summed E-state index contributed by atoms with van der Waals surface area (Å²) in [4.78, 5) is 21.6. The van der Waals surface area contributed by atoms with Gasteiger partial charge in [0.2, 0.25) is 11.8 Å². The van der Waals surface area contributed by atoms with Crippen molar-refractivity contribution in [2.24, 2.45) is 5.41 Å². The van der Waals surface area contributed by atoms with Crippen LogP contribution in [-0.2, 0) is 17.6 Å². The predicted molar refractivity (Wildman–Crippen MR) is 159 cm³/mol. The summed E-state index contributed by atoms with van der Waals surface area (Å²) in [5.41, 5.74) is 4.34. The molecule has 1 saturated carbocycles. The molecule has 3 atom stereocenters. The Bertz CT molecular complexity index is 1300. The van der Waals surface area contributed by atoms with Crippen LogP contribution in [0.15, 0.2) is 48.1 Å². The average Bonchev–Trinajstić information content (AvgIpc) is 3.45. The third-order valence-electron chi connectivity index (χ3n) is 7.97. The molecule has 8 heteroatoms. The minimum absolute atomic E-state index is 0.0295. The molecule has 214 valence electrons. The van der Waals surface area contributed by atoms with E-state index in [-0.39, 0.29) is 23.0 Å². The standard InChI is InChI=1S/C32H42N4O3S/c1-5-28(38)36-25(16-21-8-6-9-23(14-21)30-33-12-13-40-30)27(37)20-34-26-18-32(10-7-11-32)39-29-24(26)15-22(19-35-29)17-31(2,3)4/h6,8-9,12-15,19,25-27,34,37H,5,7,10-11,16-18,20H2,1-4H3,(H,36,38)/t25-,26-,27+/m0/s1. The van der Waals surface area contributed by atoms with E-state index in [1.54, 1.807) is 17.5 Å². The van der Waals surface area contributed by atoms with E-state index in [9.17, 15) is 9.90 Å². The normalized spacial score (nSPS) is 19.3. The van der Waals surface area contributed by atoms with Gasteiger partial charge in [-0.3, -0.25) is 4.79 Å². The van der Waals surface area contributed by atoms with Gasteiger partial charge in [-0.1, -0.05) is 45.9 Å². The molecule has 0 saturated heterocycles. The molecule has 3 heterocycles. The van der Waals surface area contributed by atoms with E-state index in [1.165, 1.54) is 5.56 Å². The second-order valence-electron chi connectivity index (χ2n) is 12.6. The van der Waals surface area contributed by atoms with E-state index in [2.05, 4.69) is 48.5 Å². The predicted octanol–water partition coefficient (Wildman–Crippen LogP) is 5.63. The maximum atomic E-state index is 12.4. The summed E-state index contributed by atoms with van der Waals surface area (Å²) in [6.07, 6.45) is 8.89. The highest BCUT2D eigenvalue weighted by Gasteiger charge is 2.46. The number of hydrogen-bond donors (Lipinski definition) is 3. The Labute approximate surface area is 241 Å². The highest BCUT2D eigenvalue weighted by Crippen LogP contribution is 2.48. The van der Waals surface area contributed by atoms with Gasteiger partial charge in [-0.25, -0.2) is 9.97 Å². The summed E-state index contributed by atoms with van der Waals surface area (Å²) in [6.45, 7) is 8.88. The summed E-state index contributed by atoms with van der Waals surface area (Å²) in [5.74, 6) is 0.645. The zero-order valence-corrected chi connectivity index (χ0v) is 24.9. The Morgan fingerprint density at radius 3 is 2.73 bits per heavy atom. The summed E-state index contributed by atoms with van der Waals surface area (Å²) < 4.78 is 6.44. The number of pyridine rings is 1. The van der Waals surface area contributed by atoms with Crippen molar-refractivity contribution < 1.29 is 14.6 Å². The lowest BCUT2D eigenvalue weighted by Crippen LogP contribution is -2.52. The molecule has 0 radical (unpaired) electrons. The van der Waals surface area contributed by atoms with Crippen LogP contribution in [0.4, 0.5) is 0 Å². The second kappa shape index (κ2) is 12.0. The minimum Gasteiger partial charge on any atom is -0.471 e. The number of aromatic nitrogens is 2. The fourth-order valence-electron chi connectivity index (χ4n) is 5.80. The molecule has 1 aliphatic carbocycles. The van der Waals surface area contributed by atoms with Gasteiger partial charge in [0.15, 0.2) is 0 Å². The molecule has 2 aromatic heterocycles. The first-order valence-corrected chi connectivity index (χ1v) is 15.4. The lowest BCUT2D eigenvalue weighted by molar-refractivity contribution is -0.122. The number of nitrogens with zero attached hydrogens (tertiary/aromatic N) is 2. The lowest BCUT2D eigenvalue weighted by Gasteiger charge is -2.47. The highest BCUT2D eigenvalue weighted by atomic mass is 32.1. The maximum absolute atomic E-state index is 12.4. The molecule has 1 aliphatic heterocycles. The number of aliphatic hydroxyl groups excluding tert-OH is 1. The van der Waals surface area contributed by atoms with Gasteiger partial charge < -0.3 is 20.5 Å². The van der Waals surface area contributed by atoms with Crippen molar-refractivity contribution >= 4 is 17.2 Å². The van der Waals surface area contributed by atoms with Crippen LogP contribution in [0, 0.1) is 5.41 Å². The zero-order chi connectivity index (χ0) is 28.3. The molecular weight excluding hydrogens is 520 g/mol. The zero-order valence-electron chi connectivity index (χ0n) is 24.1. The second-order valence-corrected chi connectivity index (χ2v) is 13.5. The molecule has 7 nitrogen and oxygen atoms in total. The summed E-state index contributed by atoms with van der Waals surface area (Å²) >= 11 is 1.60. The first kappa shape index (κ1) is 28.7. The van der Waals surface area contributed by atoms with Crippen LogP contribution < -0.4 is 15.4 Å². The van der Waals surface area contributed by atoms with Crippen molar-refractivity contribution in [1.82, 2.24) is 20.6 Å². The number of carbonyl (C=O) groups is 1.